The molecule has 2 N–H and O–H groups in total. The van der Waals surface area contributed by atoms with Gasteiger partial charge < -0.3 is 14.9 Å². The normalized spacial score (nSPS) is 10.9. The number of methoxy groups -OCH3 is 1. The summed E-state index contributed by atoms with van der Waals surface area (Å²) in [5, 5.41) is 2.29. The first kappa shape index (κ1) is 20.4. The molecule has 0 aromatic heterocycles. The smallest absolute Gasteiger partial charge is 0.338 e. The van der Waals surface area contributed by atoms with Crippen LogP contribution in [0.4, 0.5) is 5.69 Å². The van der Waals surface area contributed by atoms with Crippen molar-refractivity contribution in [2.75, 3.05) is 12.8 Å². The van der Waals surface area contributed by atoms with E-state index < -0.39 is 5.97 Å². The van der Waals surface area contributed by atoms with E-state index in [2.05, 4.69) is 0 Å². The van der Waals surface area contributed by atoms with Crippen molar-refractivity contribution in [1.82, 2.24) is 0 Å². The van der Waals surface area contributed by atoms with Gasteiger partial charge in [0.05, 0.1) is 18.2 Å². The van der Waals surface area contributed by atoms with Gasteiger partial charge in [0, 0.05) is 28.1 Å². The van der Waals surface area contributed by atoms with Gasteiger partial charge in [0.1, 0.15) is 11.3 Å². The monoisotopic (exact) mass is 431 g/mol. The fourth-order valence-electron chi connectivity index (χ4n) is 3.98. The van der Waals surface area contributed by atoms with Crippen LogP contribution in [0.1, 0.15) is 10.4 Å². The van der Waals surface area contributed by atoms with Crippen molar-refractivity contribution in [2.24, 2.45) is 0 Å². The highest BCUT2D eigenvalue weighted by Crippen LogP contribution is 2.43. The number of carbonyl (C=O) groups excluding carboxylic acids is 1. The average molecular weight is 432 g/mol. The van der Waals surface area contributed by atoms with Crippen molar-refractivity contribution in [1.29, 1.82) is 0 Å². The number of hydrogen-bond donors (Lipinski definition) is 1. The van der Waals surface area contributed by atoms with E-state index in [1.54, 1.807) is 30.3 Å². The van der Waals surface area contributed by atoms with Crippen LogP contribution in [0.5, 0.6) is 0 Å². The zero-order valence-corrected chi connectivity index (χ0v) is 17.4. The fraction of sp³-hybridized carbons (Fsp3) is 0.0400. The van der Waals surface area contributed by atoms with Crippen LogP contribution in [0.25, 0.3) is 44.2 Å². The Labute approximate surface area is 183 Å². The maximum atomic E-state index is 13.2. The Morgan fingerprint density at radius 1 is 0.903 bits per heavy atom. The molecular formula is C25H18ClNO4. The molecule has 0 unspecified atom stereocenters. The maximum Gasteiger partial charge on any atom is 0.338 e. The van der Waals surface area contributed by atoms with Gasteiger partial charge in [-0.2, -0.15) is 0 Å². The average Bonchev–Trinajstić information content (AvgIpc) is 2.77. The maximum absolute atomic E-state index is 13.2. The van der Waals surface area contributed by atoms with Crippen LogP contribution >= 0.6 is 12.4 Å². The predicted octanol–water partition coefficient (Wildman–Crippen LogP) is 5.51. The molecule has 3 aromatic rings. The molecule has 0 radical (unpaired) electrons. The zero-order valence-electron chi connectivity index (χ0n) is 16.5. The minimum absolute atomic E-state index is 0. The number of anilines is 1. The molecule has 5 rings (SSSR count). The lowest BCUT2D eigenvalue weighted by Gasteiger charge is -2.18. The van der Waals surface area contributed by atoms with Gasteiger partial charge >= 0.3 is 5.97 Å². The van der Waals surface area contributed by atoms with Crippen molar-refractivity contribution >= 4 is 45.8 Å². The third-order valence-electron chi connectivity index (χ3n) is 5.30. The highest BCUT2D eigenvalue weighted by molar-refractivity contribution is 6.11. The van der Waals surface area contributed by atoms with E-state index in [1.165, 1.54) is 7.11 Å². The van der Waals surface area contributed by atoms with E-state index in [9.17, 15) is 9.59 Å². The SMILES string of the molecule is COC(=O)c1ccccc1-c1c2c(=O)cc3ccccc3c-2oc2cc(N)ccc12.Cl. The lowest BCUT2D eigenvalue weighted by molar-refractivity contribution is 0.0601. The molecule has 3 aromatic carbocycles. The summed E-state index contributed by atoms with van der Waals surface area (Å²) < 4.78 is 11.2. The molecule has 154 valence electrons. The Morgan fingerprint density at radius 3 is 2.45 bits per heavy atom. The first-order chi connectivity index (χ1) is 14.6. The van der Waals surface area contributed by atoms with Gasteiger partial charge in [0.25, 0.3) is 0 Å². The third-order valence-corrected chi connectivity index (χ3v) is 5.30. The number of nitrogens with two attached hydrogens (primary N) is 1. The Kier molecular flexibility index (Phi) is 5.13. The standard InChI is InChI=1S/C25H17NO4.ClH/c1-29-25(28)18-9-5-4-8-17(18)22-19-11-10-15(26)13-21(19)30-24-16-7-3-2-6-14(16)12-20(27)23(22)24;/h2-13H,26H2,1H3;1H. The highest BCUT2D eigenvalue weighted by Gasteiger charge is 2.25. The van der Waals surface area contributed by atoms with Crippen LogP contribution in [0, 0.1) is 0 Å². The zero-order chi connectivity index (χ0) is 20.8. The number of fused-ring (bicyclic) bond motifs is 4. The Bertz CT molecular complexity index is 1490. The van der Waals surface area contributed by atoms with Crippen molar-refractivity contribution in [3.63, 3.8) is 0 Å². The molecule has 0 amide bonds. The molecular weight excluding hydrogens is 414 g/mol. The van der Waals surface area contributed by atoms with E-state index in [-0.39, 0.29) is 17.8 Å². The molecule has 0 bridgehead atoms. The summed E-state index contributed by atoms with van der Waals surface area (Å²) in [6.07, 6.45) is 0. The van der Waals surface area contributed by atoms with Crippen LogP contribution in [0.15, 0.2) is 82.0 Å². The first-order valence-electron chi connectivity index (χ1n) is 9.44. The molecule has 0 saturated carbocycles. The van der Waals surface area contributed by atoms with E-state index in [0.29, 0.717) is 44.7 Å². The quantitative estimate of drug-likeness (QED) is 0.172. The largest absolute Gasteiger partial charge is 0.465 e. The fourth-order valence-corrected chi connectivity index (χ4v) is 3.98. The summed E-state index contributed by atoms with van der Waals surface area (Å²) in [5.41, 5.74) is 8.92. The van der Waals surface area contributed by atoms with E-state index in [1.807, 2.05) is 42.5 Å². The third kappa shape index (κ3) is 3.20. The molecule has 1 aliphatic heterocycles. The molecule has 0 fully saturated rings. The molecule has 1 aliphatic carbocycles. The molecule has 1 heterocycles. The molecule has 6 heteroatoms. The van der Waals surface area contributed by atoms with E-state index in [0.717, 1.165) is 10.8 Å². The molecule has 0 spiro atoms. The Morgan fingerprint density at radius 2 is 1.65 bits per heavy atom. The molecule has 2 aliphatic rings. The van der Waals surface area contributed by atoms with E-state index in [4.69, 9.17) is 14.9 Å². The van der Waals surface area contributed by atoms with E-state index >= 15 is 0 Å². The lowest BCUT2D eigenvalue weighted by Crippen LogP contribution is -2.10. The molecule has 0 atom stereocenters. The molecule has 5 nitrogen and oxygen atoms in total. The van der Waals surface area contributed by atoms with Crippen LogP contribution < -0.4 is 11.2 Å². The highest BCUT2D eigenvalue weighted by atomic mass is 35.5. The second kappa shape index (κ2) is 7.78. The summed E-state index contributed by atoms with van der Waals surface area (Å²) in [6.45, 7) is 0. The predicted molar refractivity (Wildman–Crippen MR) is 125 cm³/mol. The number of carbonyl (C=O) groups is 1. The summed E-state index contributed by atoms with van der Waals surface area (Å²) >= 11 is 0. The number of halogens is 1. The minimum atomic E-state index is -0.476. The summed E-state index contributed by atoms with van der Waals surface area (Å²) in [5.74, 6) is -0.0118. The molecule has 0 saturated heterocycles. The van der Waals surface area contributed by atoms with Gasteiger partial charge in [-0.1, -0.05) is 42.5 Å². The lowest BCUT2D eigenvalue weighted by atomic mass is 9.88. The van der Waals surface area contributed by atoms with Crippen molar-refractivity contribution in [2.45, 2.75) is 0 Å². The van der Waals surface area contributed by atoms with Crippen molar-refractivity contribution in [3.05, 3.63) is 88.6 Å². The number of nitrogen functional groups attached to an aromatic ring is 1. The van der Waals surface area contributed by atoms with Crippen LogP contribution in [-0.2, 0) is 4.74 Å². The van der Waals surface area contributed by atoms with Gasteiger partial charge in [-0.05, 0) is 35.2 Å². The topological polar surface area (TPSA) is 82.5 Å². The van der Waals surface area contributed by atoms with Gasteiger partial charge in [-0.3, -0.25) is 4.79 Å². The van der Waals surface area contributed by atoms with Gasteiger partial charge in [0.2, 0.25) is 0 Å². The number of ether oxygens (including phenoxy) is 1. The van der Waals surface area contributed by atoms with Crippen LogP contribution in [-0.4, -0.2) is 13.1 Å². The Balaban J connectivity index is 0.00000231. The number of rotatable bonds is 2. The number of hydrogen-bond acceptors (Lipinski definition) is 5. The van der Waals surface area contributed by atoms with Gasteiger partial charge in [-0.15, -0.1) is 12.4 Å². The number of esters is 1. The number of benzene rings is 4. The van der Waals surface area contributed by atoms with Crippen LogP contribution in [0.2, 0.25) is 0 Å². The minimum Gasteiger partial charge on any atom is -0.465 e. The van der Waals surface area contributed by atoms with Crippen molar-refractivity contribution < 1.29 is 13.9 Å². The van der Waals surface area contributed by atoms with Gasteiger partial charge in [-0.25, -0.2) is 4.79 Å². The molecule has 31 heavy (non-hydrogen) atoms. The summed E-state index contributed by atoms with van der Waals surface area (Å²) in [4.78, 5) is 25.7. The summed E-state index contributed by atoms with van der Waals surface area (Å²) in [6, 6.07) is 21.5. The summed E-state index contributed by atoms with van der Waals surface area (Å²) in [7, 11) is 1.34. The second-order valence-electron chi connectivity index (χ2n) is 7.07. The second-order valence-corrected chi connectivity index (χ2v) is 7.07. The van der Waals surface area contributed by atoms with Crippen molar-refractivity contribution in [3.8, 4) is 22.5 Å². The van der Waals surface area contributed by atoms with Crippen LogP contribution in [0.3, 0.4) is 0 Å². The first-order valence-corrected chi connectivity index (χ1v) is 9.44. The Hall–Kier alpha value is -3.83. The van der Waals surface area contributed by atoms with Gasteiger partial charge in [0.15, 0.2) is 5.43 Å².